The zero-order valence-electron chi connectivity index (χ0n) is 17.4. The molecule has 0 radical (unpaired) electrons. The maximum Gasteiger partial charge on any atom is 0.243 e. The molecule has 1 amide bonds. The molecule has 1 saturated heterocycles. The number of anilines is 1. The molecule has 0 spiro atoms. The van der Waals surface area contributed by atoms with Crippen molar-refractivity contribution in [3.8, 4) is 11.5 Å². The van der Waals surface area contributed by atoms with Crippen LogP contribution in [0.5, 0.6) is 11.5 Å². The normalized spacial score (nSPS) is 14.9. The molecule has 8 heteroatoms. The van der Waals surface area contributed by atoms with E-state index in [1.165, 1.54) is 23.5 Å². The van der Waals surface area contributed by atoms with Crippen LogP contribution in [0.2, 0.25) is 0 Å². The van der Waals surface area contributed by atoms with E-state index in [1.54, 1.807) is 6.07 Å². The molecule has 1 aliphatic heterocycles. The summed E-state index contributed by atoms with van der Waals surface area (Å²) in [7, 11) is -2.12. The van der Waals surface area contributed by atoms with Crippen molar-refractivity contribution in [1.82, 2.24) is 4.31 Å². The molecule has 2 aromatic carbocycles. The number of sulfonamides is 1. The van der Waals surface area contributed by atoms with Gasteiger partial charge in [-0.1, -0.05) is 24.6 Å². The highest BCUT2D eigenvalue weighted by Gasteiger charge is 2.27. The van der Waals surface area contributed by atoms with Gasteiger partial charge in [0.05, 0.1) is 30.7 Å². The molecule has 1 heterocycles. The number of hydrogen-bond acceptors (Lipinski definition) is 5. The number of hydrogen-bond donors (Lipinski definition) is 1. The molecule has 30 heavy (non-hydrogen) atoms. The average Bonchev–Trinajstić information content (AvgIpc) is 2.75. The quantitative estimate of drug-likeness (QED) is 0.689. The molecule has 7 nitrogen and oxygen atoms in total. The van der Waals surface area contributed by atoms with Crippen LogP contribution in [0.15, 0.2) is 47.4 Å². The number of amides is 1. The van der Waals surface area contributed by atoms with Gasteiger partial charge in [-0.2, -0.15) is 4.31 Å². The topological polar surface area (TPSA) is 84.9 Å². The van der Waals surface area contributed by atoms with E-state index in [0.29, 0.717) is 24.5 Å². The molecule has 1 aliphatic rings. The maximum absolute atomic E-state index is 12.9. The van der Waals surface area contributed by atoms with Crippen LogP contribution < -0.4 is 14.8 Å². The Morgan fingerprint density at radius 2 is 1.80 bits per heavy atom. The van der Waals surface area contributed by atoms with Crippen LogP contribution in [0, 0.1) is 6.92 Å². The lowest BCUT2D eigenvalue weighted by atomic mass is 10.2. The number of piperidine rings is 1. The van der Waals surface area contributed by atoms with E-state index in [-0.39, 0.29) is 23.8 Å². The third kappa shape index (κ3) is 5.31. The zero-order chi connectivity index (χ0) is 21.6. The second kappa shape index (κ2) is 9.95. The van der Waals surface area contributed by atoms with Crippen LogP contribution in [-0.2, 0) is 14.8 Å². The monoisotopic (exact) mass is 432 g/mol. The number of para-hydroxylation sites is 1. The van der Waals surface area contributed by atoms with E-state index in [1.807, 2.05) is 31.2 Å². The van der Waals surface area contributed by atoms with Gasteiger partial charge in [0, 0.05) is 13.1 Å². The minimum Gasteiger partial charge on any atom is -0.495 e. The minimum atomic E-state index is -3.60. The molecule has 1 N–H and O–H groups in total. The standard InChI is InChI=1S/C22H28N2O5S/c1-17-8-4-5-9-20(17)29-15-12-22(25)23-19-16-18(10-11-21(19)28-2)30(26,27)24-13-6-3-7-14-24/h4-5,8-11,16H,3,6-7,12-15H2,1-2H3,(H,23,25). The minimum absolute atomic E-state index is 0.126. The Bertz CT molecular complexity index is 985. The molecule has 0 saturated carbocycles. The maximum atomic E-state index is 12.9. The van der Waals surface area contributed by atoms with Crippen LogP contribution in [0.4, 0.5) is 5.69 Å². The third-order valence-electron chi connectivity index (χ3n) is 5.08. The fraction of sp³-hybridized carbons (Fsp3) is 0.409. The smallest absolute Gasteiger partial charge is 0.243 e. The summed E-state index contributed by atoms with van der Waals surface area (Å²) in [6.07, 6.45) is 2.89. The summed E-state index contributed by atoms with van der Waals surface area (Å²) < 4.78 is 38.3. The second-order valence-electron chi connectivity index (χ2n) is 7.24. The summed E-state index contributed by atoms with van der Waals surface area (Å²) in [4.78, 5) is 12.6. The van der Waals surface area contributed by atoms with E-state index in [2.05, 4.69) is 5.32 Å². The Morgan fingerprint density at radius 3 is 2.50 bits per heavy atom. The van der Waals surface area contributed by atoms with E-state index in [9.17, 15) is 13.2 Å². The molecule has 3 rings (SSSR count). The van der Waals surface area contributed by atoms with Gasteiger partial charge in [-0.3, -0.25) is 4.79 Å². The van der Waals surface area contributed by atoms with Crippen molar-refractivity contribution in [2.75, 3.05) is 32.1 Å². The Morgan fingerprint density at radius 1 is 1.07 bits per heavy atom. The van der Waals surface area contributed by atoms with Gasteiger partial charge in [-0.25, -0.2) is 8.42 Å². The summed E-state index contributed by atoms with van der Waals surface area (Å²) in [5, 5.41) is 2.75. The molecule has 0 atom stereocenters. The molecule has 0 aromatic heterocycles. The molecule has 0 aliphatic carbocycles. The van der Waals surface area contributed by atoms with Crippen LogP contribution in [0.3, 0.4) is 0 Å². The van der Waals surface area contributed by atoms with Gasteiger partial charge >= 0.3 is 0 Å². The first-order valence-corrected chi connectivity index (χ1v) is 11.5. The predicted molar refractivity (Wildman–Crippen MR) is 116 cm³/mol. The Balaban J connectivity index is 1.67. The van der Waals surface area contributed by atoms with Gasteiger partial charge < -0.3 is 14.8 Å². The van der Waals surface area contributed by atoms with Gasteiger partial charge in [-0.15, -0.1) is 0 Å². The highest BCUT2D eigenvalue weighted by atomic mass is 32.2. The first-order chi connectivity index (χ1) is 14.4. The number of rotatable bonds is 8. The number of carbonyl (C=O) groups is 1. The lowest BCUT2D eigenvalue weighted by Gasteiger charge is -2.26. The van der Waals surface area contributed by atoms with Gasteiger partial charge in [0.25, 0.3) is 0 Å². The second-order valence-corrected chi connectivity index (χ2v) is 9.18. The highest BCUT2D eigenvalue weighted by Crippen LogP contribution is 2.30. The van der Waals surface area contributed by atoms with Crippen molar-refractivity contribution in [2.45, 2.75) is 37.5 Å². The predicted octanol–water partition coefficient (Wildman–Crippen LogP) is 3.59. The van der Waals surface area contributed by atoms with Crippen molar-refractivity contribution in [2.24, 2.45) is 0 Å². The summed E-state index contributed by atoms with van der Waals surface area (Å²) in [5.74, 6) is 0.854. The summed E-state index contributed by atoms with van der Waals surface area (Å²) in [6.45, 7) is 3.19. The number of ether oxygens (including phenoxy) is 2. The molecule has 2 aromatic rings. The largest absolute Gasteiger partial charge is 0.495 e. The number of benzene rings is 2. The Hall–Kier alpha value is -2.58. The van der Waals surface area contributed by atoms with Crippen molar-refractivity contribution in [3.63, 3.8) is 0 Å². The lowest BCUT2D eigenvalue weighted by Crippen LogP contribution is -2.35. The number of nitrogens with one attached hydrogen (secondary N) is 1. The highest BCUT2D eigenvalue weighted by molar-refractivity contribution is 7.89. The summed E-state index contributed by atoms with van der Waals surface area (Å²) in [6, 6.07) is 12.1. The van der Waals surface area contributed by atoms with Crippen molar-refractivity contribution < 1.29 is 22.7 Å². The number of methoxy groups -OCH3 is 1. The molecule has 0 unspecified atom stereocenters. The van der Waals surface area contributed by atoms with Gasteiger partial charge in [-0.05, 0) is 49.6 Å². The number of nitrogens with zero attached hydrogens (tertiary/aromatic N) is 1. The fourth-order valence-electron chi connectivity index (χ4n) is 3.38. The van der Waals surface area contributed by atoms with Crippen LogP contribution >= 0.6 is 0 Å². The van der Waals surface area contributed by atoms with E-state index in [4.69, 9.17) is 9.47 Å². The molecular formula is C22H28N2O5S. The molecule has 1 fully saturated rings. The third-order valence-corrected chi connectivity index (χ3v) is 6.97. The molecule has 162 valence electrons. The van der Waals surface area contributed by atoms with Crippen molar-refractivity contribution in [3.05, 3.63) is 48.0 Å². The molecule has 0 bridgehead atoms. The summed E-state index contributed by atoms with van der Waals surface area (Å²) in [5.41, 5.74) is 1.33. The van der Waals surface area contributed by atoms with Crippen LogP contribution in [0.25, 0.3) is 0 Å². The average molecular weight is 433 g/mol. The van der Waals surface area contributed by atoms with E-state index in [0.717, 1.165) is 30.6 Å². The van der Waals surface area contributed by atoms with E-state index < -0.39 is 10.0 Å². The number of carbonyl (C=O) groups excluding carboxylic acids is 1. The van der Waals surface area contributed by atoms with E-state index >= 15 is 0 Å². The molecular weight excluding hydrogens is 404 g/mol. The first-order valence-electron chi connectivity index (χ1n) is 10.1. The van der Waals surface area contributed by atoms with Crippen LogP contribution in [0.1, 0.15) is 31.2 Å². The summed E-state index contributed by atoms with van der Waals surface area (Å²) >= 11 is 0. The fourth-order valence-corrected chi connectivity index (χ4v) is 4.93. The van der Waals surface area contributed by atoms with Gasteiger partial charge in [0.1, 0.15) is 11.5 Å². The first kappa shape index (κ1) is 22.1. The van der Waals surface area contributed by atoms with Crippen molar-refractivity contribution >= 4 is 21.6 Å². The van der Waals surface area contributed by atoms with Crippen molar-refractivity contribution in [1.29, 1.82) is 0 Å². The van der Waals surface area contributed by atoms with Crippen LogP contribution in [-0.4, -0.2) is 45.4 Å². The number of aryl methyl sites for hydroxylation is 1. The SMILES string of the molecule is COc1ccc(S(=O)(=O)N2CCCCC2)cc1NC(=O)CCOc1ccccc1C. The van der Waals surface area contributed by atoms with Gasteiger partial charge in [0.15, 0.2) is 0 Å². The Kier molecular flexibility index (Phi) is 7.33. The zero-order valence-corrected chi connectivity index (χ0v) is 18.2. The lowest BCUT2D eigenvalue weighted by molar-refractivity contribution is -0.116. The van der Waals surface area contributed by atoms with Gasteiger partial charge in [0.2, 0.25) is 15.9 Å². The Labute approximate surface area is 178 Å².